The van der Waals surface area contributed by atoms with Crippen molar-refractivity contribution in [1.82, 2.24) is 19.4 Å². The predicted octanol–water partition coefficient (Wildman–Crippen LogP) is 6.03. The van der Waals surface area contributed by atoms with Gasteiger partial charge in [-0.15, -0.1) is 0 Å². The van der Waals surface area contributed by atoms with Crippen molar-refractivity contribution < 1.29 is 24.2 Å². The van der Waals surface area contributed by atoms with Crippen LogP contribution in [0.15, 0.2) is 67.4 Å². The van der Waals surface area contributed by atoms with Crippen molar-refractivity contribution in [2.75, 3.05) is 31.6 Å². The van der Waals surface area contributed by atoms with Crippen LogP contribution in [0.4, 0.5) is 5.69 Å². The van der Waals surface area contributed by atoms with Crippen molar-refractivity contribution in [3.63, 3.8) is 0 Å². The Kier molecular flexibility index (Phi) is 11.1. The zero-order valence-electron chi connectivity index (χ0n) is 27.9. The highest BCUT2D eigenvalue weighted by molar-refractivity contribution is 5.93. The highest BCUT2D eigenvalue weighted by Gasteiger charge is 2.45. The van der Waals surface area contributed by atoms with Crippen LogP contribution in [0.25, 0.3) is 10.8 Å². The molecule has 10 nitrogen and oxygen atoms in total. The Morgan fingerprint density at radius 3 is 2.79 bits per heavy atom. The summed E-state index contributed by atoms with van der Waals surface area (Å²) in [6, 6.07) is 15.0. The number of hydrogen-bond acceptors (Lipinski definition) is 8. The molecule has 0 spiro atoms. The lowest BCUT2D eigenvalue weighted by molar-refractivity contribution is -0.160. The molecule has 1 saturated heterocycles. The molecule has 2 aromatic carbocycles. The van der Waals surface area contributed by atoms with Crippen molar-refractivity contribution in [3.8, 4) is 5.75 Å². The van der Waals surface area contributed by atoms with E-state index in [9.17, 15) is 14.7 Å². The van der Waals surface area contributed by atoms with Gasteiger partial charge >= 0.3 is 11.9 Å². The summed E-state index contributed by atoms with van der Waals surface area (Å²) in [7, 11) is 1.88. The Hall–Kier alpha value is -4.44. The highest BCUT2D eigenvalue weighted by atomic mass is 16.5. The van der Waals surface area contributed by atoms with E-state index in [0.717, 1.165) is 59.7 Å². The number of carbonyl (C=O) groups excluding carboxylic acids is 1. The third kappa shape index (κ3) is 8.29. The van der Waals surface area contributed by atoms with E-state index in [1.54, 1.807) is 13.3 Å². The summed E-state index contributed by atoms with van der Waals surface area (Å²) in [5, 5.41) is 16.6. The number of ether oxygens (including phenoxy) is 2. The second kappa shape index (κ2) is 15.4. The average Bonchev–Trinajstić information content (AvgIpc) is 3.70. The molecule has 3 atom stereocenters. The molecule has 0 amide bonds. The first-order valence-corrected chi connectivity index (χ1v) is 16.6. The number of fused-ring (bicyclic) bond motifs is 1. The lowest BCUT2D eigenvalue weighted by atomic mass is 9.69. The number of benzene rings is 2. The molecule has 0 aliphatic carbocycles. The first-order valence-electron chi connectivity index (χ1n) is 16.6. The second-order valence-corrected chi connectivity index (χ2v) is 12.7. The molecule has 0 saturated carbocycles. The fourth-order valence-electron chi connectivity index (χ4n) is 6.70. The normalized spacial score (nSPS) is 16.9. The van der Waals surface area contributed by atoms with Gasteiger partial charge in [0.05, 0.1) is 30.7 Å². The van der Waals surface area contributed by atoms with Crippen molar-refractivity contribution in [1.29, 1.82) is 0 Å². The third-order valence-electron chi connectivity index (χ3n) is 9.56. The summed E-state index contributed by atoms with van der Waals surface area (Å²) < 4.78 is 13.7. The largest absolute Gasteiger partial charge is 0.493 e. The topological polar surface area (TPSA) is 119 Å². The minimum Gasteiger partial charge on any atom is -0.493 e. The number of aromatic nitrogens is 3. The molecule has 3 heterocycles. The zero-order valence-corrected chi connectivity index (χ0v) is 27.9. The molecule has 250 valence electrons. The quantitative estimate of drug-likeness (QED) is 0.142. The van der Waals surface area contributed by atoms with Crippen LogP contribution >= 0.6 is 0 Å². The minimum absolute atomic E-state index is 0.0152. The number of anilines is 1. The third-order valence-corrected chi connectivity index (χ3v) is 9.56. The number of likely N-dealkylation sites (tertiary alicyclic amines) is 1. The number of nitrogens with zero attached hydrogens (tertiary/aromatic N) is 4. The van der Waals surface area contributed by atoms with Gasteiger partial charge in [-0.2, -0.15) is 0 Å². The van der Waals surface area contributed by atoms with Gasteiger partial charge in [0.1, 0.15) is 5.75 Å². The lowest BCUT2D eigenvalue weighted by Gasteiger charge is -2.36. The van der Waals surface area contributed by atoms with Crippen LogP contribution in [0.5, 0.6) is 5.75 Å². The van der Waals surface area contributed by atoms with Crippen LogP contribution < -0.4 is 10.1 Å². The number of rotatable bonds is 16. The van der Waals surface area contributed by atoms with Gasteiger partial charge in [-0.25, -0.2) is 4.98 Å². The Morgan fingerprint density at radius 1 is 1.19 bits per heavy atom. The molecule has 10 heteroatoms. The van der Waals surface area contributed by atoms with Gasteiger partial charge in [0.15, 0.2) is 0 Å². The van der Waals surface area contributed by atoms with E-state index in [1.807, 2.05) is 44.1 Å². The van der Waals surface area contributed by atoms with E-state index in [1.165, 1.54) is 5.39 Å². The second-order valence-electron chi connectivity index (χ2n) is 12.7. The number of aryl methyl sites for hydroxylation is 2. The molecule has 47 heavy (non-hydrogen) atoms. The average molecular weight is 642 g/mol. The first kappa shape index (κ1) is 33.9. The summed E-state index contributed by atoms with van der Waals surface area (Å²) in [6.07, 6.45) is 9.61. The fourth-order valence-corrected chi connectivity index (χ4v) is 6.70. The molecule has 1 aliphatic heterocycles. The van der Waals surface area contributed by atoms with E-state index in [0.29, 0.717) is 18.9 Å². The van der Waals surface area contributed by atoms with Gasteiger partial charge in [-0.3, -0.25) is 19.5 Å². The van der Waals surface area contributed by atoms with Gasteiger partial charge in [-0.1, -0.05) is 38.1 Å². The Morgan fingerprint density at radius 2 is 2.04 bits per heavy atom. The SMILES string of the molecule is CCC(=O)OCC(Cc1cn(C)cn1)C(CC)(CCOc1cc(CN2CC[C@@H](Nc3cccc4cnccc34)C2)ccc1C)C(=O)O. The number of carboxylic acid groups (broad SMARTS) is 1. The van der Waals surface area contributed by atoms with Crippen molar-refractivity contribution >= 4 is 28.4 Å². The van der Waals surface area contributed by atoms with E-state index < -0.39 is 17.3 Å². The molecule has 1 aliphatic rings. The number of nitrogens with one attached hydrogen (secondary N) is 1. The van der Waals surface area contributed by atoms with Crippen LogP contribution in [0.3, 0.4) is 0 Å². The van der Waals surface area contributed by atoms with Crippen molar-refractivity contribution in [3.05, 3.63) is 84.2 Å². The Labute approximate surface area is 277 Å². The van der Waals surface area contributed by atoms with E-state index >= 15 is 0 Å². The number of pyridine rings is 1. The molecular formula is C37H47N5O5. The molecule has 2 N–H and O–H groups in total. The number of hydrogen-bond donors (Lipinski definition) is 2. The number of imidazole rings is 1. The van der Waals surface area contributed by atoms with Gasteiger partial charge < -0.3 is 24.5 Å². The number of carbonyl (C=O) groups is 2. The van der Waals surface area contributed by atoms with E-state index in [-0.39, 0.29) is 32.0 Å². The lowest BCUT2D eigenvalue weighted by Crippen LogP contribution is -2.43. The summed E-state index contributed by atoms with van der Waals surface area (Å²) in [5.74, 6) is -0.968. The molecule has 2 aromatic heterocycles. The number of esters is 1. The smallest absolute Gasteiger partial charge is 0.310 e. The van der Waals surface area contributed by atoms with Crippen molar-refractivity contribution in [2.24, 2.45) is 18.4 Å². The van der Waals surface area contributed by atoms with Crippen LogP contribution in [0.2, 0.25) is 0 Å². The maximum absolute atomic E-state index is 12.9. The van der Waals surface area contributed by atoms with Crippen LogP contribution in [-0.4, -0.2) is 68.8 Å². The van der Waals surface area contributed by atoms with E-state index in [4.69, 9.17) is 9.47 Å². The van der Waals surface area contributed by atoms with Gasteiger partial charge in [0, 0.05) is 80.1 Å². The van der Waals surface area contributed by atoms with Crippen molar-refractivity contribution in [2.45, 2.75) is 65.5 Å². The van der Waals surface area contributed by atoms with E-state index in [2.05, 4.69) is 62.6 Å². The van der Waals surface area contributed by atoms with Gasteiger partial charge in [0.25, 0.3) is 0 Å². The van der Waals surface area contributed by atoms with Gasteiger partial charge in [-0.05, 0) is 61.9 Å². The van der Waals surface area contributed by atoms with Crippen LogP contribution in [0, 0.1) is 18.3 Å². The first-order chi connectivity index (χ1) is 22.7. The highest BCUT2D eigenvalue weighted by Crippen LogP contribution is 2.39. The summed E-state index contributed by atoms with van der Waals surface area (Å²) in [6.45, 7) is 8.58. The Balaban J connectivity index is 1.22. The molecule has 2 unspecified atom stereocenters. The number of carboxylic acids is 1. The molecule has 5 rings (SSSR count). The summed E-state index contributed by atoms with van der Waals surface area (Å²) >= 11 is 0. The molecule has 1 fully saturated rings. The molecule has 0 bridgehead atoms. The molecular weight excluding hydrogens is 594 g/mol. The predicted molar refractivity (Wildman–Crippen MR) is 182 cm³/mol. The number of aliphatic carboxylic acids is 1. The maximum Gasteiger partial charge on any atom is 0.310 e. The van der Waals surface area contributed by atoms with Crippen LogP contribution in [-0.2, 0) is 34.3 Å². The molecule has 0 radical (unpaired) electrons. The standard InChI is InChI=1S/C37H47N5O5/c1-5-35(43)47-24-29(19-31-22-41(4)25-39-31)37(6-2,36(44)45)14-17-46-34-18-27(11-10-26(34)3)21-42-16-13-30(23-42)40-33-9-7-8-28-20-38-15-12-32(28)33/h7-12,15,18,20,22,25,29-30,40H,5-6,13-14,16-17,19,21,23-24H2,1-4H3,(H,44,45)/t29?,30-,37?/m1/s1. The fraction of sp³-hybridized carbons (Fsp3) is 0.459. The Bertz CT molecular complexity index is 1670. The maximum atomic E-state index is 12.9. The minimum atomic E-state index is -1.16. The summed E-state index contributed by atoms with van der Waals surface area (Å²) in [5.41, 5.74) is 2.90. The summed E-state index contributed by atoms with van der Waals surface area (Å²) in [4.78, 5) is 36.1. The monoisotopic (exact) mass is 641 g/mol. The molecule has 4 aromatic rings. The van der Waals surface area contributed by atoms with Crippen LogP contribution in [0.1, 0.15) is 56.4 Å². The zero-order chi connectivity index (χ0) is 33.4. The van der Waals surface area contributed by atoms with Gasteiger partial charge in [0.2, 0.25) is 0 Å².